The Morgan fingerprint density at radius 2 is 1.52 bits per heavy atom. The van der Waals surface area contributed by atoms with Gasteiger partial charge >= 0.3 is 8.80 Å². The summed E-state index contributed by atoms with van der Waals surface area (Å²) in [5, 5.41) is 3.36. The molecule has 0 saturated heterocycles. The van der Waals surface area contributed by atoms with Gasteiger partial charge in [0.15, 0.2) is 0 Å². The first-order valence-electron chi connectivity index (χ1n) is 8.52. The SMILES string of the molecule is CCCCCC(Nc1ncncn1)[Si](OCC)(OCC)OCC. The average molecular weight is 343 g/mol. The summed E-state index contributed by atoms with van der Waals surface area (Å²) in [6.45, 7) is 9.73. The molecule has 23 heavy (non-hydrogen) atoms. The van der Waals surface area contributed by atoms with Gasteiger partial charge in [-0.1, -0.05) is 26.2 Å². The van der Waals surface area contributed by atoms with Gasteiger partial charge in [-0.25, -0.2) is 15.0 Å². The molecular weight excluding hydrogens is 312 g/mol. The van der Waals surface area contributed by atoms with Crippen molar-refractivity contribution < 1.29 is 13.3 Å². The number of anilines is 1. The summed E-state index contributed by atoms with van der Waals surface area (Å²) >= 11 is 0. The highest BCUT2D eigenvalue weighted by molar-refractivity contribution is 6.63. The van der Waals surface area contributed by atoms with Crippen molar-refractivity contribution in [2.75, 3.05) is 25.1 Å². The molecule has 7 nitrogen and oxygen atoms in total. The predicted octanol–water partition coefficient (Wildman–Crippen LogP) is 2.82. The monoisotopic (exact) mass is 342 g/mol. The van der Waals surface area contributed by atoms with Crippen molar-refractivity contribution >= 4 is 14.8 Å². The lowest BCUT2D eigenvalue weighted by molar-refractivity contribution is 0.0631. The molecule has 0 radical (unpaired) electrons. The fourth-order valence-electron chi connectivity index (χ4n) is 2.44. The van der Waals surface area contributed by atoms with Crippen LogP contribution in [0.25, 0.3) is 0 Å². The van der Waals surface area contributed by atoms with E-state index in [1.54, 1.807) is 0 Å². The molecule has 1 unspecified atom stereocenters. The van der Waals surface area contributed by atoms with Crippen molar-refractivity contribution in [1.29, 1.82) is 0 Å². The van der Waals surface area contributed by atoms with Crippen LogP contribution in [0.15, 0.2) is 12.7 Å². The Balaban J connectivity index is 2.98. The van der Waals surface area contributed by atoms with Crippen LogP contribution in [-0.2, 0) is 13.3 Å². The van der Waals surface area contributed by atoms with Gasteiger partial charge in [0.05, 0.1) is 5.67 Å². The first-order valence-corrected chi connectivity index (χ1v) is 10.3. The highest BCUT2D eigenvalue weighted by Crippen LogP contribution is 2.22. The summed E-state index contributed by atoms with van der Waals surface area (Å²) in [6.07, 6.45) is 7.23. The van der Waals surface area contributed by atoms with Gasteiger partial charge in [-0.05, 0) is 27.2 Å². The number of hydrogen-bond acceptors (Lipinski definition) is 7. The minimum atomic E-state index is -2.87. The number of rotatable bonds is 13. The van der Waals surface area contributed by atoms with Crippen LogP contribution in [0.4, 0.5) is 5.95 Å². The normalized spacial score (nSPS) is 13.0. The number of nitrogens with zero attached hydrogens (tertiary/aromatic N) is 3. The Morgan fingerprint density at radius 3 is 2.00 bits per heavy atom. The molecule has 1 aromatic heterocycles. The van der Waals surface area contributed by atoms with Crippen LogP contribution < -0.4 is 5.32 Å². The Morgan fingerprint density at radius 1 is 0.957 bits per heavy atom. The molecule has 1 atom stereocenters. The lowest BCUT2D eigenvalue weighted by atomic mass is 10.2. The van der Waals surface area contributed by atoms with Crippen LogP contribution in [0.2, 0.25) is 0 Å². The third-order valence-corrected chi connectivity index (χ3v) is 6.72. The van der Waals surface area contributed by atoms with E-state index in [2.05, 4.69) is 27.2 Å². The molecule has 0 bridgehead atoms. The van der Waals surface area contributed by atoms with Gasteiger partial charge in [0.25, 0.3) is 0 Å². The average Bonchev–Trinajstić information content (AvgIpc) is 2.56. The first-order chi connectivity index (χ1) is 11.2. The topological polar surface area (TPSA) is 78.4 Å². The van der Waals surface area contributed by atoms with E-state index in [1.807, 2.05) is 20.8 Å². The zero-order valence-corrected chi connectivity index (χ0v) is 15.7. The molecule has 0 spiro atoms. The van der Waals surface area contributed by atoms with E-state index in [9.17, 15) is 0 Å². The minimum Gasteiger partial charge on any atom is -0.373 e. The van der Waals surface area contributed by atoms with Crippen molar-refractivity contribution in [3.05, 3.63) is 12.7 Å². The fourth-order valence-corrected chi connectivity index (χ4v) is 5.36. The molecule has 0 amide bonds. The third-order valence-electron chi connectivity index (χ3n) is 3.36. The summed E-state index contributed by atoms with van der Waals surface area (Å²) in [5.41, 5.74) is -0.0729. The van der Waals surface area contributed by atoms with Crippen LogP contribution >= 0.6 is 0 Å². The van der Waals surface area contributed by atoms with Crippen LogP contribution in [-0.4, -0.2) is 49.2 Å². The number of unbranched alkanes of at least 4 members (excludes halogenated alkanes) is 2. The Kier molecular flexibility index (Phi) is 9.93. The van der Waals surface area contributed by atoms with Crippen molar-refractivity contribution in [2.45, 2.75) is 59.0 Å². The molecule has 1 aromatic rings. The summed E-state index contributed by atoms with van der Waals surface area (Å²) in [5.74, 6) is 0.525. The summed E-state index contributed by atoms with van der Waals surface area (Å²) < 4.78 is 18.1. The van der Waals surface area contributed by atoms with Gasteiger partial charge in [0, 0.05) is 19.8 Å². The zero-order valence-electron chi connectivity index (χ0n) is 14.7. The second-order valence-corrected chi connectivity index (χ2v) is 7.83. The maximum atomic E-state index is 6.04. The number of aromatic nitrogens is 3. The molecule has 0 fully saturated rings. The molecule has 0 aliphatic heterocycles. The first kappa shape index (κ1) is 20.0. The Bertz CT molecular complexity index is 394. The summed E-state index contributed by atoms with van der Waals surface area (Å²) in [4.78, 5) is 12.2. The molecular formula is C15H30N4O3Si. The standard InChI is InChI=1S/C15H30N4O3Si/c1-5-9-10-11-14(19-15-17-12-16-13-18-15)23(20-6-2,21-7-3)22-8-4/h12-14H,5-11H2,1-4H3,(H,16,17,18,19). The summed E-state index contributed by atoms with van der Waals surface area (Å²) in [7, 11) is -2.87. The van der Waals surface area contributed by atoms with Gasteiger partial charge in [-0.3, -0.25) is 0 Å². The van der Waals surface area contributed by atoms with E-state index in [-0.39, 0.29) is 5.67 Å². The Labute approximate surface area is 140 Å². The van der Waals surface area contributed by atoms with Crippen LogP contribution in [0.3, 0.4) is 0 Å². The molecule has 1 rings (SSSR count). The van der Waals surface area contributed by atoms with Crippen LogP contribution in [0.5, 0.6) is 0 Å². The van der Waals surface area contributed by atoms with E-state index >= 15 is 0 Å². The van der Waals surface area contributed by atoms with Gasteiger partial charge in [0.2, 0.25) is 5.95 Å². The van der Waals surface area contributed by atoms with Gasteiger partial charge in [-0.15, -0.1) is 0 Å². The fraction of sp³-hybridized carbons (Fsp3) is 0.800. The van der Waals surface area contributed by atoms with E-state index in [0.717, 1.165) is 25.7 Å². The van der Waals surface area contributed by atoms with Crippen LogP contribution in [0.1, 0.15) is 53.4 Å². The molecule has 8 heteroatoms. The van der Waals surface area contributed by atoms with Gasteiger partial charge in [0.1, 0.15) is 12.7 Å². The molecule has 0 aliphatic rings. The lowest BCUT2D eigenvalue weighted by Crippen LogP contribution is -2.59. The largest absolute Gasteiger partial charge is 0.524 e. The molecule has 132 valence electrons. The molecule has 1 heterocycles. The second-order valence-electron chi connectivity index (χ2n) is 5.06. The maximum absolute atomic E-state index is 6.04. The quantitative estimate of drug-likeness (QED) is 0.436. The van der Waals surface area contributed by atoms with Crippen LogP contribution in [0, 0.1) is 0 Å². The van der Waals surface area contributed by atoms with Crippen molar-refractivity contribution in [3.8, 4) is 0 Å². The van der Waals surface area contributed by atoms with Gasteiger partial charge < -0.3 is 18.6 Å². The number of hydrogen-bond donors (Lipinski definition) is 1. The molecule has 0 saturated carbocycles. The maximum Gasteiger partial charge on any atom is 0.524 e. The van der Waals surface area contributed by atoms with E-state index in [4.69, 9.17) is 13.3 Å². The predicted molar refractivity (Wildman–Crippen MR) is 92.0 cm³/mol. The molecule has 0 aromatic carbocycles. The number of nitrogens with one attached hydrogen (secondary N) is 1. The van der Waals surface area contributed by atoms with Gasteiger partial charge in [-0.2, -0.15) is 0 Å². The van der Waals surface area contributed by atoms with Crippen molar-refractivity contribution in [1.82, 2.24) is 15.0 Å². The second kappa shape index (κ2) is 11.4. The lowest BCUT2D eigenvalue weighted by Gasteiger charge is -2.35. The Hall–Kier alpha value is -1.09. The molecule has 0 aliphatic carbocycles. The molecule has 1 N–H and O–H groups in total. The minimum absolute atomic E-state index is 0.0729. The van der Waals surface area contributed by atoms with Crippen molar-refractivity contribution in [3.63, 3.8) is 0 Å². The van der Waals surface area contributed by atoms with E-state index < -0.39 is 8.80 Å². The highest BCUT2D eigenvalue weighted by atomic mass is 28.4. The third kappa shape index (κ3) is 6.50. The summed E-state index contributed by atoms with van der Waals surface area (Å²) in [6, 6.07) is 0. The smallest absolute Gasteiger partial charge is 0.373 e. The van der Waals surface area contributed by atoms with E-state index in [0.29, 0.717) is 25.8 Å². The highest BCUT2D eigenvalue weighted by Gasteiger charge is 2.49. The van der Waals surface area contributed by atoms with Crippen molar-refractivity contribution in [2.24, 2.45) is 0 Å². The van der Waals surface area contributed by atoms with E-state index in [1.165, 1.54) is 12.7 Å². The zero-order chi connectivity index (χ0) is 17.0.